The SMILES string of the molecule is CC(C)c1cccc(S(=O)(=O)Nc2cnn(C)c2C(N)=O)c1. The van der Waals surface area contributed by atoms with Crippen LogP contribution in [0.15, 0.2) is 35.4 Å². The fraction of sp³-hybridized carbons (Fsp3) is 0.286. The summed E-state index contributed by atoms with van der Waals surface area (Å²) in [6.45, 7) is 3.96. The molecule has 0 bridgehead atoms. The van der Waals surface area contributed by atoms with Crippen molar-refractivity contribution >= 4 is 21.6 Å². The molecule has 0 atom stereocenters. The molecule has 0 aliphatic rings. The average molecular weight is 322 g/mol. The Morgan fingerprint density at radius 1 is 1.36 bits per heavy atom. The van der Waals surface area contributed by atoms with Crippen LogP contribution in [0.4, 0.5) is 5.69 Å². The Bertz CT molecular complexity index is 809. The Balaban J connectivity index is 2.41. The maximum atomic E-state index is 12.5. The first-order chi connectivity index (χ1) is 10.2. The molecule has 0 radical (unpaired) electrons. The summed E-state index contributed by atoms with van der Waals surface area (Å²) in [4.78, 5) is 11.5. The predicted molar refractivity (Wildman–Crippen MR) is 83.1 cm³/mol. The molecule has 1 heterocycles. The zero-order valence-corrected chi connectivity index (χ0v) is 13.4. The molecule has 3 N–H and O–H groups in total. The number of anilines is 1. The lowest BCUT2D eigenvalue weighted by Crippen LogP contribution is -2.20. The number of sulfonamides is 1. The Hall–Kier alpha value is -2.35. The number of primary amides is 1. The first-order valence-electron chi connectivity index (χ1n) is 6.67. The smallest absolute Gasteiger partial charge is 0.269 e. The number of carbonyl (C=O) groups is 1. The minimum Gasteiger partial charge on any atom is -0.364 e. The number of hydrogen-bond donors (Lipinski definition) is 2. The quantitative estimate of drug-likeness (QED) is 0.868. The molecule has 118 valence electrons. The fourth-order valence-electron chi connectivity index (χ4n) is 2.05. The van der Waals surface area contributed by atoms with Gasteiger partial charge in [-0.25, -0.2) is 8.42 Å². The second kappa shape index (κ2) is 5.80. The molecular formula is C14H18N4O3S. The summed E-state index contributed by atoms with van der Waals surface area (Å²) in [6, 6.07) is 6.65. The van der Waals surface area contributed by atoms with Gasteiger partial charge in [-0.05, 0) is 23.6 Å². The maximum Gasteiger partial charge on any atom is 0.269 e. The molecule has 7 nitrogen and oxygen atoms in total. The van der Waals surface area contributed by atoms with Gasteiger partial charge in [0.15, 0.2) is 0 Å². The van der Waals surface area contributed by atoms with Crippen molar-refractivity contribution in [3.63, 3.8) is 0 Å². The van der Waals surface area contributed by atoms with E-state index >= 15 is 0 Å². The molecule has 1 amide bonds. The van der Waals surface area contributed by atoms with Crippen LogP contribution in [0, 0.1) is 0 Å². The van der Waals surface area contributed by atoms with Gasteiger partial charge in [0.05, 0.1) is 16.8 Å². The van der Waals surface area contributed by atoms with E-state index in [0.29, 0.717) is 0 Å². The van der Waals surface area contributed by atoms with Gasteiger partial charge in [0.1, 0.15) is 5.69 Å². The van der Waals surface area contributed by atoms with E-state index in [1.807, 2.05) is 19.9 Å². The van der Waals surface area contributed by atoms with Crippen molar-refractivity contribution in [2.45, 2.75) is 24.7 Å². The number of nitrogens with two attached hydrogens (primary N) is 1. The summed E-state index contributed by atoms with van der Waals surface area (Å²) in [7, 11) is -2.31. The van der Waals surface area contributed by atoms with Crippen molar-refractivity contribution < 1.29 is 13.2 Å². The lowest BCUT2D eigenvalue weighted by Gasteiger charge is -2.10. The monoisotopic (exact) mass is 322 g/mol. The zero-order chi connectivity index (χ0) is 16.5. The van der Waals surface area contributed by atoms with Gasteiger partial charge in [-0.15, -0.1) is 0 Å². The Morgan fingerprint density at radius 2 is 2.05 bits per heavy atom. The molecule has 2 rings (SSSR count). The van der Waals surface area contributed by atoms with E-state index in [1.165, 1.54) is 24.0 Å². The Kier molecular flexibility index (Phi) is 4.23. The standard InChI is InChI=1S/C14H18N4O3S/c1-9(2)10-5-4-6-11(7-10)22(20,21)17-12-8-16-18(3)13(12)14(15)19/h4-9,17H,1-3H3,(H2,15,19). The molecule has 1 aromatic heterocycles. The molecule has 0 spiro atoms. The van der Waals surface area contributed by atoms with Gasteiger partial charge in [0, 0.05) is 7.05 Å². The van der Waals surface area contributed by atoms with Crippen molar-refractivity contribution in [2.24, 2.45) is 12.8 Å². The molecule has 1 aromatic carbocycles. The molecule has 0 unspecified atom stereocenters. The van der Waals surface area contributed by atoms with E-state index in [4.69, 9.17) is 5.73 Å². The topological polar surface area (TPSA) is 107 Å². The molecule has 0 aliphatic heterocycles. The van der Waals surface area contributed by atoms with Crippen LogP contribution < -0.4 is 10.5 Å². The second-order valence-corrected chi connectivity index (χ2v) is 6.91. The van der Waals surface area contributed by atoms with Gasteiger partial charge in [0.2, 0.25) is 0 Å². The van der Waals surface area contributed by atoms with E-state index in [2.05, 4.69) is 9.82 Å². The Morgan fingerprint density at radius 3 is 2.64 bits per heavy atom. The second-order valence-electron chi connectivity index (χ2n) is 5.23. The Labute approximate surface area is 129 Å². The summed E-state index contributed by atoms with van der Waals surface area (Å²) in [5.41, 5.74) is 6.22. The number of aromatic nitrogens is 2. The third kappa shape index (κ3) is 3.11. The normalized spacial score (nSPS) is 11.6. The van der Waals surface area contributed by atoms with Gasteiger partial charge in [-0.1, -0.05) is 26.0 Å². The van der Waals surface area contributed by atoms with Crippen LogP contribution in [0.1, 0.15) is 35.8 Å². The van der Waals surface area contributed by atoms with Gasteiger partial charge < -0.3 is 5.73 Å². The van der Waals surface area contributed by atoms with Crippen molar-refractivity contribution in [1.29, 1.82) is 0 Å². The zero-order valence-electron chi connectivity index (χ0n) is 12.6. The fourth-order valence-corrected chi connectivity index (χ4v) is 3.15. The molecule has 8 heteroatoms. The van der Waals surface area contributed by atoms with Crippen LogP contribution in [-0.4, -0.2) is 24.1 Å². The lowest BCUT2D eigenvalue weighted by molar-refractivity contribution is 0.0992. The van der Waals surface area contributed by atoms with Gasteiger partial charge >= 0.3 is 0 Å². The number of aryl methyl sites for hydroxylation is 1. The highest BCUT2D eigenvalue weighted by Gasteiger charge is 2.21. The summed E-state index contributed by atoms with van der Waals surface area (Å²) < 4.78 is 28.5. The predicted octanol–water partition coefficient (Wildman–Crippen LogP) is 1.44. The van der Waals surface area contributed by atoms with Gasteiger partial charge in [0.25, 0.3) is 15.9 Å². The van der Waals surface area contributed by atoms with E-state index in [9.17, 15) is 13.2 Å². The van der Waals surface area contributed by atoms with Crippen molar-refractivity contribution in [3.05, 3.63) is 41.7 Å². The highest BCUT2D eigenvalue weighted by Crippen LogP contribution is 2.22. The first-order valence-corrected chi connectivity index (χ1v) is 8.15. The number of benzene rings is 1. The van der Waals surface area contributed by atoms with Crippen LogP contribution in [0.2, 0.25) is 0 Å². The molecule has 0 aliphatic carbocycles. The number of nitrogens with zero attached hydrogens (tertiary/aromatic N) is 2. The molecule has 22 heavy (non-hydrogen) atoms. The third-order valence-corrected chi connectivity index (χ3v) is 4.61. The highest BCUT2D eigenvalue weighted by atomic mass is 32.2. The van der Waals surface area contributed by atoms with E-state index in [1.54, 1.807) is 12.1 Å². The van der Waals surface area contributed by atoms with Crippen LogP contribution in [-0.2, 0) is 17.1 Å². The maximum absolute atomic E-state index is 12.5. The van der Waals surface area contributed by atoms with Gasteiger partial charge in [-0.2, -0.15) is 5.10 Å². The van der Waals surface area contributed by atoms with Crippen molar-refractivity contribution in [3.8, 4) is 0 Å². The number of rotatable bonds is 5. The van der Waals surface area contributed by atoms with Gasteiger partial charge in [-0.3, -0.25) is 14.2 Å². The summed E-state index contributed by atoms with van der Waals surface area (Å²) in [5.74, 6) is -0.552. The average Bonchev–Trinajstić information content (AvgIpc) is 2.79. The lowest BCUT2D eigenvalue weighted by atomic mass is 10.0. The first kappa shape index (κ1) is 16.0. The molecule has 0 saturated heterocycles. The van der Waals surface area contributed by atoms with Crippen molar-refractivity contribution in [2.75, 3.05) is 4.72 Å². The molecule has 2 aromatic rings. The molecular weight excluding hydrogens is 304 g/mol. The van der Waals surface area contributed by atoms with E-state index < -0.39 is 15.9 Å². The summed E-state index contributed by atoms with van der Waals surface area (Å²) in [6.07, 6.45) is 1.25. The minimum atomic E-state index is -3.82. The number of hydrogen-bond acceptors (Lipinski definition) is 4. The van der Waals surface area contributed by atoms with Crippen LogP contribution >= 0.6 is 0 Å². The molecule has 0 fully saturated rings. The number of amides is 1. The third-order valence-electron chi connectivity index (χ3n) is 3.25. The van der Waals surface area contributed by atoms with E-state index in [0.717, 1.165) is 5.56 Å². The van der Waals surface area contributed by atoms with Crippen LogP contribution in [0.5, 0.6) is 0 Å². The number of nitrogens with one attached hydrogen (secondary N) is 1. The largest absolute Gasteiger partial charge is 0.364 e. The minimum absolute atomic E-state index is 0.00332. The molecule has 0 saturated carbocycles. The van der Waals surface area contributed by atoms with E-state index in [-0.39, 0.29) is 22.2 Å². The van der Waals surface area contributed by atoms with Crippen molar-refractivity contribution in [1.82, 2.24) is 9.78 Å². The highest BCUT2D eigenvalue weighted by molar-refractivity contribution is 7.92. The number of carbonyl (C=O) groups excluding carboxylic acids is 1. The van der Waals surface area contributed by atoms with Crippen LogP contribution in [0.25, 0.3) is 0 Å². The summed E-state index contributed by atoms with van der Waals surface area (Å²) >= 11 is 0. The summed E-state index contributed by atoms with van der Waals surface area (Å²) in [5, 5.41) is 3.85. The van der Waals surface area contributed by atoms with Crippen LogP contribution in [0.3, 0.4) is 0 Å².